The predicted octanol–water partition coefficient (Wildman–Crippen LogP) is 2.32. The Morgan fingerprint density at radius 3 is 2.71 bits per heavy atom. The standard InChI is InChI=1S/C10H11BrN2O/c1-7-2-4-8(5-3-7)10-12-9(6-11)14-13-10/h2-5,10,13H,6H2,1H3. The maximum absolute atomic E-state index is 5.15. The highest BCUT2D eigenvalue weighted by Gasteiger charge is 2.18. The van der Waals surface area contributed by atoms with Gasteiger partial charge in [0.15, 0.2) is 6.17 Å². The van der Waals surface area contributed by atoms with Crippen LogP contribution in [0.5, 0.6) is 0 Å². The van der Waals surface area contributed by atoms with Crippen molar-refractivity contribution in [3.05, 3.63) is 35.4 Å². The van der Waals surface area contributed by atoms with Crippen LogP contribution in [0, 0.1) is 6.92 Å². The number of aryl methyl sites for hydroxylation is 1. The summed E-state index contributed by atoms with van der Waals surface area (Å²) in [5.41, 5.74) is 5.22. The molecule has 14 heavy (non-hydrogen) atoms. The third-order valence-electron chi connectivity index (χ3n) is 2.07. The van der Waals surface area contributed by atoms with Crippen LogP contribution in [0.25, 0.3) is 0 Å². The van der Waals surface area contributed by atoms with Crippen LogP contribution < -0.4 is 5.48 Å². The van der Waals surface area contributed by atoms with Crippen molar-refractivity contribution in [1.29, 1.82) is 0 Å². The van der Waals surface area contributed by atoms with Crippen molar-refractivity contribution in [2.24, 2.45) is 4.99 Å². The third kappa shape index (κ3) is 1.96. The summed E-state index contributed by atoms with van der Waals surface area (Å²) in [6.07, 6.45) is -0.0665. The van der Waals surface area contributed by atoms with E-state index in [2.05, 4.69) is 57.6 Å². The van der Waals surface area contributed by atoms with Gasteiger partial charge in [-0.3, -0.25) is 0 Å². The Balaban J connectivity index is 2.17. The van der Waals surface area contributed by atoms with Gasteiger partial charge in [-0.1, -0.05) is 45.8 Å². The van der Waals surface area contributed by atoms with Gasteiger partial charge < -0.3 is 4.84 Å². The van der Waals surface area contributed by atoms with Crippen LogP contribution >= 0.6 is 15.9 Å². The van der Waals surface area contributed by atoms with E-state index < -0.39 is 0 Å². The summed E-state index contributed by atoms with van der Waals surface area (Å²) in [6, 6.07) is 8.24. The average Bonchev–Trinajstić information content (AvgIpc) is 2.67. The Morgan fingerprint density at radius 2 is 2.14 bits per heavy atom. The van der Waals surface area contributed by atoms with Crippen molar-refractivity contribution in [3.63, 3.8) is 0 Å². The molecule has 0 bridgehead atoms. The first-order valence-electron chi connectivity index (χ1n) is 4.41. The van der Waals surface area contributed by atoms with E-state index in [1.54, 1.807) is 0 Å². The van der Waals surface area contributed by atoms with Gasteiger partial charge in [0.25, 0.3) is 0 Å². The van der Waals surface area contributed by atoms with E-state index >= 15 is 0 Å². The first kappa shape index (κ1) is 9.68. The summed E-state index contributed by atoms with van der Waals surface area (Å²) in [7, 11) is 0. The molecule has 1 aromatic carbocycles. The Hall–Kier alpha value is -0.870. The fraction of sp³-hybridized carbons (Fsp3) is 0.300. The molecule has 3 nitrogen and oxygen atoms in total. The molecule has 1 atom stereocenters. The van der Waals surface area contributed by atoms with Crippen molar-refractivity contribution in [1.82, 2.24) is 5.48 Å². The number of hydrogen-bond donors (Lipinski definition) is 1. The van der Waals surface area contributed by atoms with Crippen LogP contribution in [0.1, 0.15) is 17.3 Å². The number of alkyl halides is 1. The van der Waals surface area contributed by atoms with Crippen LogP contribution in [0.3, 0.4) is 0 Å². The number of hydroxylamine groups is 1. The summed E-state index contributed by atoms with van der Waals surface area (Å²) < 4.78 is 0. The van der Waals surface area contributed by atoms with Crippen molar-refractivity contribution in [3.8, 4) is 0 Å². The first-order valence-corrected chi connectivity index (χ1v) is 5.53. The van der Waals surface area contributed by atoms with E-state index in [4.69, 9.17) is 4.84 Å². The molecule has 1 heterocycles. The second kappa shape index (κ2) is 4.11. The minimum absolute atomic E-state index is 0.0665. The molecule has 1 unspecified atom stereocenters. The molecule has 1 N–H and O–H groups in total. The fourth-order valence-electron chi connectivity index (χ4n) is 1.27. The molecular weight excluding hydrogens is 244 g/mol. The lowest BCUT2D eigenvalue weighted by molar-refractivity contribution is 0.179. The molecule has 1 aromatic rings. The number of aliphatic imine (C=N–C) groups is 1. The molecule has 2 rings (SSSR count). The highest BCUT2D eigenvalue weighted by molar-refractivity contribution is 9.09. The molecule has 0 amide bonds. The number of nitrogens with zero attached hydrogens (tertiary/aromatic N) is 1. The van der Waals surface area contributed by atoms with Gasteiger partial charge in [-0.25, -0.2) is 4.99 Å². The van der Waals surface area contributed by atoms with Crippen molar-refractivity contribution in [2.75, 3.05) is 5.33 Å². The van der Waals surface area contributed by atoms with Crippen LogP contribution in [0.2, 0.25) is 0 Å². The van der Waals surface area contributed by atoms with Crippen molar-refractivity contribution < 1.29 is 4.84 Å². The highest BCUT2D eigenvalue weighted by Crippen LogP contribution is 2.19. The normalized spacial score (nSPS) is 20.4. The quantitative estimate of drug-likeness (QED) is 0.823. The SMILES string of the molecule is Cc1ccc(C2N=C(CBr)ON2)cc1. The molecule has 0 spiro atoms. The Bertz CT molecular complexity index is 348. The zero-order valence-electron chi connectivity index (χ0n) is 7.83. The molecule has 74 valence electrons. The van der Waals surface area contributed by atoms with E-state index in [9.17, 15) is 0 Å². The van der Waals surface area contributed by atoms with Gasteiger partial charge >= 0.3 is 0 Å². The van der Waals surface area contributed by atoms with Gasteiger partial charge in [0.1, 0.15) is 0 Å². The van der Waals surface area contributed by atoms with Gasteiger partial charge in [-0.05, 0) is 12.5 Å². The minimum atomic E-state index is -0.0665. The van der Waals surface area contributed by atoms with E-state index in [0.29, 0.717) is 11.2 Å². The summed E-state index contributed by atoms with van der Waals surface area (Å²) in [6.45, 7) is 2.07. The lowest BCUT2D eigenvalue weighted by Crippen LogP contribution is -2.14. The number of rotatable bonds is 2. The fourth-order valence-corrected chi connectivity index (χ4v) is 1.53. The number of hydrogen-bond acceptors (Lipinski definition) is 3. The summed E-state index contributed by atoms with van der Waals surface area (Å²) in [5, 5.41) is 0.641. The highest BCUT2D eigenvalue weighted by atomic mass is 79.9. The molecule has 1 aliphatic heterocycles. The maximum atomic E-state index is 5.15. The predicted molar refractivity (Wildman–Crippen MR) is 59.4 cm³/mol. The largest absolute Gasteiger partial charge is 0.390 e. The third-order valence-corrected chi connectivity index (χ3v) is 2.55. The topological polar surface area (TPSA) is 33.6 Å². The molecule has 0 radical (unpaired) electrons. The van der Waals surface area contributed by atoms with Gasteiger partial charge in [0, 0.05) is 0 Å². The smallest absolute Gasteiger partial charge is 0.222 e. The molecular formula is C10H11BrN2O. The summed E-state index contributed by atoms with van der Waals surface area (Å²) in [5.74, 6) is 0.690. The van der Waals surface area contributed by atoms with Crippen LogP contribution in [0.4, 0.5) is 0 Å². The lowest BCUT2D eigenvalue weighted by Gasteiger charge is -2.05. The second-order valence-electron chi connectivity index (χ2n) is 3.19. The molecule has 1 aliphatic rings. The molecule has 4 heteroatoms. The van der Waals surface area contributed by atoms with Crippen LogP contribution in [-0.2, 0) is 4.84 Å². The summed E-state index contributed by atoms with van der Waals surface area (Å²) >= 11 is 3.29. The zero-order valence-corrected chi connectivity index (χ0v) is 9.41. The Kier molecular flexibility index (Phi) is 2.84. The molecule has 0 saturated carbocycles. The van der Waals surface area contributed by atoms with Crippen LogP contribution in [-0.4, -0.2) is 11.2 Å². The van der Waals surface area contributed by atoms with Gasteiger partial charge in [-0.2, -0.15) is 0 Å². The van der Waals surface area contributed by atoms with Gasteiger partial charge in [0.2, 0.25) is 5.90 Å². The Labute approximate surface area is 91.3 Å². The number of nitrogens with one attached hydrogen (secondary N) is 1. The maximum Gasteiger partial charge on any atom is 0.222 e. The van der Waals surface area contributed by atoms with Gasteiger partial charge in [-0.15, -0.1) is 5.48 Å². The van der Waals surface area contributed by atoms with E-state index in [-0.39, 0.29) is 6.17 Å². The van der Waals surface area contributed by atoms with Crippen LogP contribution in [0.15, 0.2) is 29.3 Å². The molecule has 0 aliphatic carbocycles. The van der Waals surface area contributed by atoms with Crippen molar-refractivity contribution in [2.45, 2.75) is 13.1 Å². The zero-order chi connectivity index (χ0) is 9.97. The van der Waals surface area contributed by atoms with E-state index in [1.165, 1.54) is 5.56 Å². The van der Waals surface area contributed by atoms with E-state index in [1.807, 2.05) is 0 Å². The average molecular weight is 255 g/mol. The number of halogens is 1. The summed E-state index contributed by atoms with van der Waals surface area (Å²) in [4.78, 5) is 9.50. The molecule has 0 aromatic heterocycles. The monoisotopic (exact) mass is 254 g/mol. The van der Waals surface area contributed by atoms with Crippen molar-refractivity contribution >= 4 is 21.8 Å². The van der Waals surface area contributed by atoms with E-state index in [0.717, 1.165) is 5.56 Å². The first-order chi connectivity index (χ1) is 6.79. The second-order valence-corrected chi connectivity index (χ2v) is 3.75. The number of benzene rings is 1. The Morgan fingerprint density at radius 1 is 1.43 bits per heavy atom. The van der Waals surface area contributed by atoms with Gasteiger partial charge in [0.05, 0.1) is 5.33 Å². The minimum Gasteiger partial charge on any atom is -0.390 e. The molecule has 0 saturated heterocycles. The molecule has 0 fully saturated rings. The lowest BCUT2D eigenvalue weighted by atomic mass is 10.1.